The molecule has 0 radical (unpaired) electrons. The molecule has 1 aromatic carbocycles. The lowest BCUT2D eigenvalue weighted by molar-refractivity contribution is 0.352. The number of nitrogens with one attached hydrogen (secondary N) is 1. The van der Waals surface area contributed by atoms with Crippen molar-refractivity contribution < 1.29 is 4.74 Å². The molecule has 0 aliphatic carbocycles. The standard InChI is InChI=1S/C19H22N4O/c1-13(2)23-11-14(9-22-23)8-17(18-10-20-12-21-18)16-5-3-4-15-6-7-24-19(15)16/h3-5,9-13,17H,6-8H2,1-2H3,(H,20,21)/t17-/m0/s1. The number of benzene rings is 1. The number of fused-ring (bicyclic) bond motifs is 1. The zero-order chi connectivity index (χ0) is 16.5. The molecule has 1 aliphatic heterocycles. The maximum absolute atomic E-state index is 5.93. The van der Waals surface area contributed by atoms with E-state index in [2.05, 4.69) is 53.3 Å². The quantitative estimate of drug-likeness (QED) is 0.782. The average molecular weight is 322 g/mol. The van der Waals surface area contributed by atoms with Gasteiger partial charge in [-0.2, -0.15) is 5.10 Å². The van der Waals surface area contributed by atoms with E-state index in [0.29, 0.717) is 6.04 Å². The zero-order valence-corrected chi connectivity index (χ0v) is 14.1. The van der Waals surface area contributed by atoms with Gasteiger partial charge < -0.3 is 9.72 Å². The molecule has 1 N–H and O–H groups in total. The van der Waals surface area contributed by atoms with Gasteiger partial charge in [0.25, 0.3) is 0 Å². The highest BCUT2D eigenvalue weighted by Gasteiger charge is 2.25. The fraction of sp³-hybridized carbons (Fsp3) is 0.368. The number of aromatic nitrogens is 4. The van der Waals surface area contributed by atoms with E-state index in [9.17, 15) is 0 Å². The van der Waals surface area contributed by atoms with Crippen LogP contribution < -0.4 is 4.74 Å². The summed E-state index contributed by atoms with van der Waals surface area (Å²) >= 11 is 0. The highest BCUT2D eigenvalue weighted by Crippen LogP contribution is 2.38. The topological polar surface area (TPSA) is 55.7 Å². The molecule has 124 valence electrons. The highest BCUT2D eigenvalue weighted by molar-refractivity contribution is 5.48. The number of para-hydroxylation sites is 1. The van der Waals surface area contributed by atoms with Crippen molar-refractivity contribution in [3.8, 4) is 5.75 Å². The van der Waals surface area contributed by atoms with E-state index >= 15 is 0 Å². The number of ether oxygens (including phenoxy) is 1. The van der Waals surface area contributed by atoms with Crippen molar-refractivity contribution in [1.29, 1.82) is 0 Å². The molecule has 2 aromatic heterocycles. The molecule has 0 amide bonds. The average Bonchev–Trinajstić information content (AvgIpc) is 3.31. The summed E-state index contributed by atoms with van der Waals surface area (Å²) in [7, 11) is 0. The Hall–Kier alpha value is -2.56. The van der Waals surface area contributed by atoms with E-state index in [1.807, 2.05) is 17.1 Å². The number of hydrogen-bond acceptors (Lipinski definition) is 3. The van der Waals surface area contributed by atoms with Crippen LogP contribution in [0.3, 0.4) is 0 Å². The van der Waals surface area contributed by atoms with Crippen molar-refractivity contribution in [2.75, 3.05) is 6.61 Å². The molecular formula is C19H22N4O. The predicted molar refractivity (Wildman–Crippen MR) is 92.4 cm³/mol. The second kappa shape index (κ2) is 6.15. The van der Waals surface area contributed by atoms with Crippen LogP contribution in [0.5, 0.6) is 5.75 Å². The van der Waals surface area contributed by atoms with Crippen molar-refractivity contribution in [1.82, 2.24) is 19.7 Å². The third-order valence-electron chi connectivity index (χ3n) is 4.64. The fourth-order valence-corrected chi connectivity index (χ4v) is 3.36. The number of aromatic amines is 1. The van der Waals surface area contributed by atoms with Gasteiger partial charge in [0.2, 0.25) is 0 Å². The number of nitrogens with zero attached hydrogens (tertiary/aromatic N) is 3. The van der Waals surface area contributed by atoms with Gasteiger partial charge in [0, 0.05) is 42.0 Å². The van der Waals surface area contributed by atoms with Crippen molar-refractivity contribution in [3.63, 3.8) is 0 Å². The summed E-state index contributed by atoms with van der Waals surface area (Å²) in [6.07, 6.45) is 9.61. The molecule has 0 saturated heterocycles. The first kappa shape index (κ1) is 15.0. The minimum Gasteiger partial charge on any atom is -0.493 e. The number of rotatable bonds is 5. The monoisotopic (exact) mass is 322 g/mol. The summed E-state index contributed by atoms with van der Waals surface area (Å²) in [5, 5.41) is 4.48. The summed E-state index contributed by atoms with van der Waals surface area (Å²) in [6, 6.07) is 6.83. The molecule has 3 heterocycles. The SMILES string of the molecule is CC(C)n1cc(C[C@H](c2cnc[nH]2)c2cccc3c2OCC3)cn1. The molecular weight excluding hydrogens is 300 g/mol. The molecule has 0 bridgehead atoms. The third kappa shape index (κ3) is 2.70. The van der Waals surface area contributed by atoms with Gasteiger partial charge >= 0.3 is 0 Å². The van der Waals surface area contributed by atoms with E-state index in [4.69, 9.17) is 4.74 Å². The van der Waals surface area contributed by atoms with E-state index in [1.165, 1.54) is 16.7 Å². The van der Waals surface area contributed by atoms with Gasteiger partial charge in [-0.3, -0.25) is 4.68 Å². The van der Waals surface area contributed by atoms with Crippen molar-refractivity contribution in [2.45, 2.75) is 38.6 Å². The minimum absolute atomic E-state index is 0.186. The van der Waals surface area contributed by atoms with Crippen molar-refractivity contribution in [2.24, 2.45) is 0 Å². The lowest BCUT2D eigenvalue weighted by Gasteiger charge is -2.18. The van der Waals surface area contributed by atoms with Crippen LogP contribution in [-0.2, 0) is 12.8 Å². The molecule has 0 saturated carbocycles. The zero-order valence-electron chi connectivity index (χ0n) is 14.1. The van der Waals surface area contributed by atoms with E-state index in [-0.39, 0.29) is 5.92 Å². The van der Waals surface area contributed by atoms with Gasteiger partial charge in [0.1, 0.15) is 5.75 Å². The molecule has 1 aliphatic rings. The maximum atomic E-state index is 5.93. The minimum atomic E-state index is 0.186. The van der Waals surface area contributed by atoms with Crippen LogP contribution in [0.2, 0.25) is 0 Å². The maximum Gasteiger partial charge on any atom is 0.126 e. The first-order chi connectivity index (χ1) is 11.7. The molecule has 5 heteroatoms. The fourth-order valence-electron chi connectivity index (χ4n) is 3.36. The Kier molecular flexibility index (Phi) is 3.84. The molecule has 3 aromatic rings. The van der Waals surface area contributed by atoms with Gasteiger partial charge in [0.05, 0.1) is 19.1 Å². The lowest BCUT2D eigenvalue weighted by atomic mass is 9.88. The third-order valence-corrected chi connectivity index (χ3v) is 4.64. The Morgan fingerprint density at radius 3 is 2.96 bits per heavy atom. The van der Waals surface area contributed by atoms with Crippen LogP contribution in [0.1, 0.15) is 48.2 Å². The lowest BCUT2D eigenvalue weighted by Crippen LogP contribution is -2.07. The summed E-state index contributed by atoms with van der Waals surface area (Å²) in [4.78, 5) is 7.50. The van der Waals surface area contributed by atoms with Gasteiger partial charge in [-0.15, -0.1) is 0 Å². The summed E-state index contributed by atoms with van der Waals surface area (Å²) < 4.78 is 7.94. The molecule has 0 spiro atoms. The largest absolute Gasteiger partial charge is 0.493 e. The molecule has 0 unspecified atom stereocenters. The summed E-state index contributed by atoms with van der Waals surface area (Å²) in [5.74, 6) is 1.23. The first-order valence-electron chi connectivity index (χ1n) is 8.48. The van der Waals surface area contributed by atoms with Crippen LogP contribution in [-0.4, -0.2) is 26.4 Å². The highest BCUT2D eigenvalue weighted by atomic mass is 16.5. The van der Waals surface area contributed by atoms with Crippen LogP contribution in [0.15, 0.2) is 43.1 Å². The van der Waals surface area contributed by atoms with E-state index in [0.717, 1.165) is 30.9 Å². The number of hydrogen-bond donors (Lipinski definition) is 1. The second-order valence-electron chi connectivity index (χ2n) is 6.62. The number of imidazole rings is 1. The van der Waals surface area contributed by atoms with Crippen LogP contribution >= 0.6 is 0 Å². The van der Waals surface area contributed by atoms with Crippen molar-refractivity contribution >= 4 is 0 Å². The van der Waals surface area contributed by atoms with Crippen LogP contribution in [0, 0.1) is 0 Å². The van der Waals surface area contributed by atoms with Gasteiger partial charge in [-0.25, -0.2) is 4.98 Å². The Labute approximate surface area is 141 Å². The summed E-state index contributed by atoms with van der Waals surface area (Å²) in [6.45, 7) is 5.05. The van der Waals surface area contributed by atoms with Crippen LogP contribution in [0.25, 0.3) is 0 Å². The molecule has 1 atom stereocenters. The molecule has 24 heavy (non-hydrogen) atoms. The predicted octanol–water partition coefficient (Wildman–Crippen LogP) is 3.50. The van der Waals surface area contributed by atoms with Gasteiger partial charge in [-0.05, 0) is 31.4 Å². The first-order valence-corrected chi connectivity index (χ1v) is 8.48. The van der Waals surface area contributed by atoms with Crippen molar-refractivity contribution in [3.05, 3.63) is 65.5 Å². The van der Waals surface area contributed by atoms with E-state index < -0.39 is 0 Å². The second-order valence-corrected chi connectivity index (χ2v) is 6.62. The number of H-pyrrole nitrogens is 1. The normalized spacial score (nSPS) is 14.6. The molecule has 0 fully saturated rings. The Morgan fingerprint density at radius 1 is 1.29 bits per heavy atom. The smallest absolute Gasteiger partial charge is 0.126 e. The van der Waals surface area contributed by atoms with E-state index in [1.54, 1.807) is 6.33 Å². The summed E-state index contributed by atoms with van der Waals surface area (Å²) in [5.41, 5.74) is 4.86. The molecule has 4 rings (SSSR count). The van der Waals surface area contributed by atoms with Gasteiger partial charge in [-0.1, -0.05) is 18.2 Å². The van der Waals surface area contributed by atoms with Crippen LogP contribution in [0.4, 0.5) is 0 Å². The molecule has 5 nitrogen and oxygen atoms in total. The van der Waals surface area contributed by atoms with Gasteiger partial charge in [0.15, 0.2) is 0 Å². The Morgan fingerprint density at radius 2 is 2.21 bits per heavy atom. The Balaban J connectivity index is 1.72. The Bertz CT molecular complexity index is 820.